The number of hydrogen-bond acceptors (Lipinski definition) is 6. The Balaban J connectivity index is 1.41. The van der Waals surface area contributed by atoms with E-state index in [1.165, 1.54) is 0 Å². The number of fused-ring (bicyclic) bond motifs is 1. The maximum absolute atomic E-state index is 12.3. The van der Waals surface area contributed by atoms with Crippen molar-refractivity contribution in [2.24, 2.45) is 0 Å². The van der Waals surface area contributed by atoms with Gasteiger partial charge in [-0.3, -0.25) is 4.79 Å². The molecule has 0 aliphatic carbocycles. The van der Waals surface area contributed by atoms with Crippen LogP contribution >= 0.6 is 11.3 Å². The van der Waals surface area contributed by atoms with Crippen LogP contribution in [0.3, 0.4) is 0 Å². The quantitative estimate of drug-likeness (QED) is 0.491. The van der Waals surface area contributed by atoms with Crippen molar-refractivity contribution in [2.45, 2.75) is 13.3 Å². The second-order valence-corrected chi connectivity index (χ2v) is 7.77. The first kappa shape index (κ1) is 19.9. The fraction of sp³-hybridized carbons (Fsp3) is 0.227. The predicted molar refractivity (Wildman–Crippen MR) is 117 cm³/mol. The number of nitrogens with one attached hydrogen (secondary N) is 1. The third-order valence-electron chi connectivity index (χ3n) is 4.85. The Kier molecular flexibility index (Phi) is 5.67. The third-order valence-corrected chi connectivity index (χ3v) is 6.04. The molecular weight excluding hydrogens is 400 g/mol. The number of carbonyl (C=O) groups is 1. The van der Waals surface area contributed by atoms with E-state index in [1.54, 1.807) is 49.8 Å². The summed E-state index contributed by atoms with van der Waals surface area (Å²) in [7, 11) is 3.24. The molecule has 7 nitrogen and oxygen atoms in total. The molecule has 2 aromatic carbocycles. The van der Waals surface area contributed by atoms with Crippen molar-refractivity contribution in [1.82, 2.24) is 19.9 Å². The van der Waals surface area contributed by atoms with Crippen molar-refractivity contribution in [2.75, 3.05) is 20.8 Å². The van der Waals surface area contributed by atoms with Gasteiger partial charge in [-0.25, -0.2) is 4.52 Å². The molecule has 0 radical (unpaired) electrons. The van der Waals surface area contributed by atoms with Crippen LogP contribution in [0.5, 0.6) is 11.5 Å². The van der Waals surface area contributed by atoms with Crippen molar-refractivity contribution in [3.8, 4) is 22.9 Å². The lowest BCUT2D eigenvalue weighted by atomic mass is 10.2. The SMILES string of the molecule is COc1ccc(C(=O)NCCc2sc3nc(-c4ccc(OC)cc4)nn3c2C)cc1. The average Bonchev–Trinajstić information content (AvgIpc) is 3.33. The van der Waals surface area contributed by atoms with Crippen LogP contribution in [0.1, 0.15) is 20.9 Å². The molecule has 0 fully saturated rings. The van der Waals surface area contributed by atoms with Crippen molar-refractivity contribution in [3.05, 3.63) is 64.7 Å². The van der Waals surface area contributed by atoms with Gasteiger partial charge < -0.3 is 14.8 Å². The van der Waals surface area contributed by atoms with Crippen LogP contribution in [-0.4, -0.2) is 41.3 Å². The van der Waals surface area contributed by atoms with E-state index in [-0.39, 0.29) is 5.91 Å². The first-order valence-corrected chi connectivity index (χ1v) is 10.3. The van der Waals surface area contributed by atoms with Crippen LogP contribution in [0.25, 0.3) is 16.3 Å². The Morgan fingerprint density at radius 1 is 1.03 bits per heavy atom. The Hall–Kier alpha value is -3.39. The van der Waals surface area contributed by atoms with Crippen LogP contribution in [0, 0.1) is 6.92 Å². The number of carbonyl (C=O) groups excluding carboxylic acids is 1. The highest BCUT2D eigenvalue weighted by Crippen LogP contribution is 2.26. The van der Waals surface area contributed by atoms with E-state index in [2.05, 4.69) is 15.4 Å². The van der Waals surface area contributed by atoms with Gasteiger partial charge in [0.1, 0.15) is 11.5 Å². The molecule has 4 aromatic rings. The van der Waals surface area contributed by atoms with Crippen LogP contribution in [0.15, 0.2) is 48.5 Å². The van der Waals surface area contributed by atoms with Gasteiger partial charge in [0.2, 0.25) is 4.96 Å². The molecular formula is C22H22N4O3S. The number of benzene rings is 2. The van der Waals surface area contributed by atoms with Crippen molar-refractivity contribution in [3.63, 3.8) is 0 Å². The number of nitrogens with zero attached hydrogens (tertiary/aromatic N) is 3. The highest BCUT2D eigenvalue weighted by atomic mass is 32.1. The van der Waals surface area contributed by atoms with Gasteiger partial charge in [0, 0.05) is 29.0 Å². The second kappa shape index (κ2) is 8.54. The molecule has 154 valence electrons. The topological polar surface area (TPSA) is 77.8 Å². The summed E-state index contributed by atoms with van der Waals surface area (Å²) < 4.78 is 12.2. The molecule has 2 heterocycles. The van der Waals surface area contributed by atoms with Gasteiger partial charge in [0.25, 0.3) is 5.91 Å². The van der Waals surface area contributed by atoms with Gasteiger partial charge in [-0.15, -0.1) is 5.10 Å². The molecule has 0 spiro atoms. The number of aryl methyl sites for hydroxylation is 1. The highest BCUT2D eigenvalue weighted by molar-refractivity contribution is 7.17. The molecule has 1 N–H and O–H groups in total. The summed E-state index contributed by atoms with van der Waals surface area (Å²) >= 11 is 1.60. The maximum atomic E-state index is 12.3. The van der Waals surface area contributed by atoms with Gasteiger partial charge in [-0.2, -0.15) is 4.98 Å². The summed E-state index contributed by atoms with van der Waals surface area (Å²) in [6.45, 7) is 2.57. The normalized spacial score (nSPS) is 10.9. The van der Waals surface area contributed by atoms with E-state index >= 15 is 0 Å². The smallest absolute Gasteiger partial charge is 0.251 e. The minimum Gasteiger partial charge on any atom is -0.497 e. The zero-order valence-corrected chi connectivity index (χ0v) is 17.8. The van der Waals surface area contributed by atoms with E-state index in [9.17, 15) is 4.79 Å². The van der Waals surface area contributed by atoms with Gasteiger partial charge in [-0.05, 0) is 55.5 Å². The van der Waals surface area contributed by atoms with Crippen LogP contribution in [-0.2, 0) is 6.42 Å². The van der Waals surface area contributed by atoms with E-state index in [4.69, 9.17) is 9.47 Å². The Labute approximate surface area is 178 Å². The zero-order valence-electron chi connectivity index (χ0n) is 17.0. The fourth-order valence-corrected chi connectivity index (χ4v) is 4.17. The van der Waals surface area contributed by atoms with E-state index in [1.807, 2.05) is 35.7 Å². The molecule has 8 heteroatoms. The summed E-state index contributed by atoms with van der Waals surface area (Å²) in [6, 6.07) is 14.8. The zero-order chi connectivity index (χ0) is 21.1. The number of thiazole rings is 1. The maximum Gasteiger partial charge on any atom is 0.251 e. The van der Waals surface area contributed by atoms with Crippen molar-refractivity contribution < 1.29 is 14.3 Å². The van der Waals surface area contributed by atoms with Gasteiger partial charge in [0.05, 0.1) is 19.9 Å². The number of hydrogen-bond donors (Lipinski definition) is 1. The number of amides is 1. The molecule has 2 aromatic heterocycles. The summed E-state index contributed by atoms with van der Waals surface area (Å²) in [5.41, 5.74) is 2.60. The second-order valence-electron chi connectivity index (χ2n) is 6.70. The molecule has 0 saturated carbocycles. The van der Waals surface area contributed by atoms with Gasteiger partial charge in [-0.1, -0.05) is 11.3 Å². The highest BCUT2D eigenvalue weighted by Gasteiger charge is 2.15. The van der Waals surface area contributed by atoms with Crippen molar-refractivity contribution >= 4 is 22.2 Å². The minimum atomic E-state index is -0.100. The molecule has 1 amide bonds. The molecule has 0 saturated heterocycles. The standard InChI is InChI=1S/C22H22N4O3S/c1-14-19(12-13-23-21(27)16-6-10-18(29-3)11-7-16)30-22-24-20(25-26(14)22)15-4-8-17(28-2)9-5-15/h4-11H,12-13H2,1-3H3,(H,23,27). The third kappa shape index (κ3) is 3.99. The lowest BCUT2D eigenvalue weighted by Crippen LogP contribution is -2.25. The largest absolute Gasteiger partial charge is 0.497 e. The van der Waals surface area contributed by atoms with E-state index in [0.29, 0.717) is 17.9 Å². The fourth-order valence-electron chi connectivity index (χ4n) is 3.11. The average molecular weight is 423 g/mol. The first-order valence-electron chi connectivity index (χ1n) is 9.50. The van der Waals surface area contributed by atoms with E-state index in [0.717, 1.165) is 39.0 Å². The first-order chi connectivity index (χ1) is 14.6. The summed E-state index contributed by atoms with van der Waals surface area (Å²) in [5.74, 6) is 2.11. The minimum absolute atomic E-state index is 0.100. The lowest BCUT2D eigenvalue weighted by molar-refractivity contribution is 0.0954. The Bertz CT molecular complexity index is 1160. The molecule has 0 atom stereocenters. The van der Waals surface area contributed by atoms with Gasteiger partial charge >= 0.3 is 0 Å². The molecule has 30 heavy (non-hydrogen) atoms. The van der Waals surface area contributed by atoms with E-state index < -0.39 is 0 Å². The summed E-state index contributed by atoms with van der Waals surface area (Å²) in [5, 5.41) is 7.60. The molecule has 4 rings (SSSR count). The molecule has 0 unspecified atom stereocenters. The monoisotopic (exact) mass is 422 g/mol. The van der Waals surface area contributed by atoms with Crippen LogP contribution < -0.4 is 14.8 Å². The van der Waals surface area contributed by atoms with Crippen LogP contribution in [0.2, 0.25) is 0 Å². The summed E-state index contributed by atoms with van der Waals surface area (Å²) in [4.78, 5) is 19.0. The Morgan fingerprint density at radius 2 is 1.67 bits per heavy atom. The number of methoxy groups -OCH3 is 2. The lowest BCUT2D eigenvalue weighted by Gasteiger charge is -2.06. The number of rotatable bonds is 7. The van der Waals surface area contributed by atoms with Crippen molar-refractivity contribution in [1.29, 1.82) is 0 Å². The van der Waals surface area contributed by atoms with Gasteiger partial charge in [0.15, 0.2) is 5.82 Å². The predicted octanol–water partition coefficient (Wildman–Crippen LogP) is 3.76. The molecule has 0 aliphatic heterocycles. The number of ether oxygens (including phenoxy) is 2. The van der Waals surface area contributed by atoms with Crippen LogP contribution in [0.4, 0.5) is 0 Å². The Morgan fingerprint density at radius 3 is 2.27 bits per heavy atom. The molecule has 0 bridgehead atoms. The molecule has 0 aliphatic rings. The number of aromatic nitrogens is 3. The summed E-state index contributed by atoms with van der Waals surface area (Å²) in [6.07, 6.45) is 0.724.